The van der Waals surface area contributed by atoms with Gasteiger partial charge in [-0.05, 0) is 55.0 Å². The Morgan fingerprint density at radius 1 is 1.00 bits per heavy atom. The molecule has 4 bridgehead atoms. The van der Waals surface area contributed by atoms with Gasteiger partial charge in [0.2, 0.25) is 17.7 Å². The molecule has 1 aliphatic heterocycles. The number of anilines is 2. The minimum absolute atomic E-state index is 0.0388. The Morgan fingerprint density at radius 2 is 1.70 bits per heavy atom. The first-order valence-electron chi connectivity index (χ1n) is 16.3. The van der Waals surface area contributed by atoms with Gasteiger partial charge in [0.05, 0.1) is 47.8 Å². The Hall–Kier alpha value is -5.11. The van der Waals surface area contributed by atoms with E-state index in [1.54, 1.807) is 55.5 Å². The molecule has 0 saturated heterocycles. The van der Waals surface area contributed by atoms with E-state index in [0.717, 1.165) is 16.7 Å². The summed E-state index contributed by atoms with van der Waals surface area (Å²) in [4.78, 5) is 49.8. The summed E-state index contributed by atoms with van der Waals surface area (Å²) in [6, 6.07) is 12.9. The standard InChI is InChI=1S/C36H44N8O5S/c1-23-11-9-12-24(2)33(23)29-16-31-40-35(39-29)41-50(47,48)28-14-10-13-25(15-28)34(46)44(27(22-49-31)17-36(3,4)5)20-26-18-37-19-30(38-26)43(8)21-32(45)42(6)7/h9-16,18-19,27H,17,20-22H2,1-8H3,(H,39,40,41)/t27-/m1/s1. The molecule has 0 aliphatic carbocycles. The Balaban J connectivity index is 1.62. The summed E-state index contributed by atoms with van der Waals surface area (Å²) in [5, 5.41) is 0. The molecule has 50 heavy (non-hydrogen) atoms. The number of fused-ring (bicyclic) bond motifs is 4. The minimum atomic E-state index is -4.21. The SMILES string of the molecule is Cc1cccc(C)c1-c1cc2nc(n1)NS(=O)(=O)c1cccc(c1)C(=O)N(Cc1cncc(N(C)CC(=O)N(C)C)n1)[C@H](CC(C)(C)C)CO2. The predicted octanol–water partition coefficient (Wildman–Crippen LogP) is 4.72. The van der Waals surface area contributed by atoms with Crippen LogP contribution in [0.5, 0.6) is 5.88 Å². The van der Waals surface area contributed by atoms with Crippen molar-refractivity contribution in [2.75, 3.05) is 43.9 Å². The van der Waals surface area contributed by atoms with Gasteiger partial charge in [0, 0.05) is 38.3 Å². The van der Waals surface area contributed by atoms with Crippen molar-refractivity contribution in [2.24, 2.45) is 5.41 Å². The van der Waals surface area contributed by atoms with Gasteiger partial charge < -0.3 is 19.4 Å². The van der Waals surface area contributed by atoms with Crippen LogP contribution in [0.25, 0.3) is 11.3 Å². The largest absolute Gasteiger partial charge is 0.475 e. The van der Waals surface area contributed by atoms with Gasteiger partial charge >= 0.3 is 0 Å². The lowest BCUT2D eigenvalue weighted by Crippen LogP contribution is -2.45. The fourth-order valence-corrected chi connectivity index (χ4v) is 6.79. The van der Waals surface area contributed by atoms with Crippen molar-refractivity contribution < 1.29 is 22.7 Å². The molecule has 0 radical (unpaired) electrons. The molecule has 14 heteroatoms. The Labute approximate surface area is 293 Å². The van der Waals surface area contributed by atoms with Crippen molar-refractivity contribution >= 4 is 33.6 Å². The number of sulfonamides is 1. The van der Waals surface area contributed by atoms with Gasteiger partial charge in [0.25, 0.3) is 15.9 Å². The van der Waals surface area contributed by atoms with Crippen LogP contribution in [0.2, 0.25) is 0 Å². The van der Waals surface area contributed by atoms with Crippen LogP contribution < -0.4 is 14.4 Å². The van der Waals surface area contributed by atoms with Gasteiger partial charge in [0.1, 0.15) is 12.4 Å². The van der Waals surface area contributed by atoms with Crippen LogP contribution in [0.15, 0.2) is 65.8 Å². The first-order chi connectivity index (χ1) is 23.5. The lowest BCUT2D eigenvalue weighted by molar-refractivity contribution is -0.127. The van der Waals surface area contributed by atoms with Crippen LogP contribution in [-0.4, -0.2) is 90.3 Å². The van der Waals surface area contributed by atoms with Crippen LogP contribution in [0.3, 0.4) is 0 Å². The van der Waals surface area contributed by atoms with Crippen molar-refractivity contribution in [2.45, 2.75) is 58.5 Å². The fraction of sp³-hybridized carbons (Fsp3) is 0.389. The van der Waals surface area contributed by atoms with E-state index in [-0.39, 0.29) is 53.3 Å². The maximum absolute atomic E-state index is 14.5. The number of carbonyl (C=O) groups excluding carboxylic acids is 2. The summed E-state index contributed by atoms with van der Waals surface area (Å²) in [6.45, 7) is 10.3. The number of nitrogens with one attached hydrogen (secondary N) is 1. The second-order valence-corrected chi connectivity index (χ2v) is 15.7. The van der Waals surface area contributed by atoms with Crippen molar-refractivity contribution in [3.63, 3.8) is 0 Å². The Bertz CT molecular complexity index is 1990. The van der Waals surface area contributed by atoms with Crippen molar-refractivity contribution in [3.8, 4) is 17.1 Å². The zero-order valence-electron chi connectivity index (χ0n) is 29.8. The number of nitrogens with zero attached hydrogens (tertiary/aromatic N) is 7. The predicted molar refractivity (Wildman–Crippen MR) is 191 cm³/mol. The number of likely N-dealkylation sites (N-methyl/N-ethyl adjacent to an activating group) is 2. The second-order valence-electron chi connectivity index (χ2n) is 14.0. The zero-order chi connectivity index (χ0) is 36.4. The number of amides is 2. The normalized spacial score (nSPS) is 15.9. The molecule has 1 aliphatic rings. The quantitative estimate of drug-likeness (QED) is 0.287. The Kier molecular flexibility index (Phi) is 10.4. The third-order valence-corrected chi connectivity index (χ3v) is 9.62. The first-order valence-corrected chi connectivity index (χ1v) is 17.7. The van der Waals surface area contributed by atoms with E-state index < -0.39 is 22.0 Å². The third-order valence-electron chi connectivity index (χ3n) is 8.30. The molecule has 2 amide bonds. The van der Waals surface area contributed by atoms with E-state index in [2.05, 4.69) is 40.4 Å². The highest BCUT2D eigenvalue weighted by atomic mass is 32.2. The molecule has 0 unspecified atom stereocenters. The summed E-state index contributed by atoms with van der Waals surface area (Å²) in [5.41, 5.74) is 3.66. The minimum Gasteiger partial charge on any atom is -0.475 e. The van der Waals surface area contributed by atoms with E-state index in [0.29, 0.717) is 23.6 Å². The van der Waals surface area contributed by atoms with Gasteiger partial charge in [-0.25, -0.2) is 23.1 Å². The second kappa shape index (κ2) is 14.4. The molecule has 5 rings (SSSR count). The number of hydrogen-bond acceptors (Lipinski definition) is 10. The molecule has 2 aromatic carbocycles. The molecule has 264 valence electrons. The number of hydrogen-bond donors (Lipinski definition) is 1. The molecule has 1 atom stereocenters. The molecule has 3 heterocycles. The number of benzene rings is 2. The maximum Gasteiger partial charge on any atom is 0.264 e. The number of rotatable bonds is 7. The number of carbonyl (C=O) groups is 2. The summed E-state index contributed by atoms with van der Waals surface area (Å²) < 4.78 is 36.3. The van der Waals surface area contributed by atoms with Crippen LogP contribution >= 0.6 is 0 Å². The third kappa shape index (κ3) is 8.54. The molecule has 0 spiro atoms. The summed E-state index contributed by atoms with van der Waals surface area (Å²) in [5.74, 6) is -0.0389. The van der Waals surface area contributed by atoms with Crippen LogP contribution in [0.4, 0.5) is 11.8 Å². The van der Waals surface area contributed by atoms with Gasteiger partial charge in [0.15, 0.2) is 0 Å². The molecule has 0 fully saturated rings. The van der Waals surface area contributed by atoms with E-state index in [4.69, 9.17) is 9.72 Å². The number of aromatic nitrogens is 4. The van der Waals surface area contributed by atoms with Crippen LogP contribution in [-0.2, 0) is 21.4 Å². The number of ether oxygens (including phenoxy) is 1. The molecule has 4 aromatic rings. The van der Waals surface area contributed by atoms with E-state index in [1.165, 1.54) is 23.1 Å². The summed E-state index contributed by atoms with van der Waals surface area (Å²) in [7, 11) is 0.905. The lowest BCUT2D eigenvalue weighted by atomic mass is 9.87. The molecule has 13 nitrogen and oxygen atoms in total. The topological polar surface area (TPSA) is 151 Å². The summed E-state index contributed by atoms with van der Waals surface area (Å²) >= 11 is 0. The highest BCUT2D eigenvalue weighted by Gasteiger charge is 2.32. The van der Waals surface area contributed by atoms with Crippen LogP contribution in [0, 0.1) is 19.3 Å². The van der Waals surface area contributed by atoms with Crippen molar-refractivity contribution in [1.82, 2.24) is 29.7 Å². The first kappa shape index (κ1) is 36.2. The smallest absolute Gasteiger partial charge is 0.264 e. The van der Waals surface area contributed by atoms with E-state index in [9.17, 15) is 18.0 Å². The monoisotopic (exact) mass is 700 g/mol. The Morgan fingerprint density at radius 3 is 2.38 bits per heavy atom. The maximum atomic E-state index is 14.5. The fourth-order valence-electron chi connectivity index (χ4n) is 5.80. The van der Waals surface area contributed by atoms with Gasteiger partial charge in [-0.3, -0.25) is 14.6 Å². The average molecular weight is 701 g/mol. The van der Waals surface area contributed by atoms with E-state index in [1.807, 2.05) is 32.0 Å². The van der Waals surface area contributed by atoms with Crippen LogP contribution in [0.1, 0.15) is 54.4 Å². The summed E-state index contributed by atoms with van der Waals surface area (Å²) in [6.07, 6.45) is 3.67. The van der Waals surface area contributed by atoms with Crippen molar-refractivity contribution in [1.29, 1.82) is 0 Å². The number of aryl methyl sites for hydroxylation is 2. The van der Waals surface area contributed by atoms with Crippen molar-refractivity contribution in [3.05, 3.63) is 83.3 Å². The molecule has 2 aromatic heterocycles. The molecular formula is C36H44N8O5S. The highest BCUT2D eigenvalue weighted by Crippen LogP contribution is 2.31. The lowest BCUT2D eigenvalue weighted by Gasteiger charge is -2.35. The van der Waals surface area contributed by atoms with Gasteiger partial charge in [-0.1, -0.05) is 45.0 Å². The van der Waals surface area contributed by atoms with Gasteiger partial charge in [-0.15, -0.1) is 0 Å². The van der Waals surface area contributed by atoms with Gasteiger partial charge in [-0.2, -0.15) is 4.98 Å². The average Bonchev–Trinajstić information content (AvgIpc) is 3.04. The molecular weight excluding hydrogens is 657 g/mol. The highest BCUT2D eigenvalue weighted by molar-refractivity contribution is 7.92. The molecule has 0 saturated carbocycles. The van der Waals surface area contributed by atoms with E-state index >= 15 is 0 Å². The molecule has 1 N–H and O–H groups in total. The zero-order valence-corrected chi connectivity index (χ0v) is 30.6.